The van der Waals surface area contributed by atoms with Crippen LogP contribution in [0.1, 0.15) is 43.4 Å². The number of hydrogen-bond acceptors (Lipinski definition) is 6. The van der Waals surface area contributed by atoms with E-state index in [0.29, 0.717) is 24.6 Å². The van der Waals surface area contributed by atoms with Crippen molar-refractivity contribution in [3.8, 4) is 5.75 Å². The highest BCUT2D eigenvalue weighted by molar-refractivity contribution is 7.98. The van der Waals surface area contributed by atoms with E-state index in [0.717, 1.165) is 38.7 Å². The molecule has 0 aliphatic rings. The Morgan fingerprint density at radius 3 is 2.17 bits per heavy atom. The van der Waals surface area contributed by atoms with Gasteiger partial charge in [0.1, 0.15) is 18.3 Å². The fourth-order valence-electron chi connectivity index (χ4n) is 5.31. The Hall–Kier alpha value is -4.28. The molecule has 0 heterocycles. The Kier molecular flexibility index (Phi) is 13.5. The van der Waals surface area contributed by atoms with Crippen molar-refractivity contribution in [3.63, 3.8) is 0 Å². The first-order chi connectivity index (χ1) is 23.2. The van der Waals surface area contributed by atoms with Gasteiger partial charge in [0.2, 0.25) is 11.8 Å². The van der Waals surface area contributed by atoms with Gasteiger partial charge in [-0.05, 0) is 91.7 Å². The number of amides is 2. The molecule has 0 fully saturated rings. The fourth-order valence-corrected chi connectivity index (χ4v) is 7.13. The van der Waals surface area contributed by atoms with E-state index in [-0.39, 0.29) is 23.8 Å². The molecule has 1 N–H and O–H groups in total. The minimum atomic E-state index is -4.20. The average molecular weight is 688 g/mol. The summed E-state index contributed by atoms with van der Waals surface area (Å²) in [5, 5.41) is 3.03. The molecule has 0 aliphatic heterocycles. The summed E-state index contributed by atoms with van der Waals surface area (Å²) >= 11 is 1.51. The third-order valence-electron chi connectivity index (χ3n) is 8.06. The molecule has 0 unspecified atom stereocenters. The highest BCUT2D eigenvalue weighted by Crippen LogP contribution is 2.28. The summed E-state index contributed by atoms with van der Waals surface area (Å²) < 4.78 is 35.4. The summed E-state index contributed by atoms with van der Waals surface area (Å²) in [4.78, 5) is 31.1. The highest BCUT2D eigenvalue weighted by Gasteiger charge is 2.34. The molecule has 0 saturated carbocycles. The zero-order valence-corrected chi connectivity index (χ0v) is 29.7. The number of aryl methyl sites for hydroxylation is 1. The van der Waals surface area contributed by atoms with Crippen molar-refractivity contribution in [1.29, 1.82) is 0 Å². The number of rotatable bonds is 17. The van der Waals surface area contributed by atoms with E-state index in [4.69, 9.17) is 4.74 Å². The summed E-state index contributed by atoms with van der Waals surface area (Å²) in [6.07, 6.45) is 3.89. The number of nitrogens with one attached hydrogen (secondary N) is 1. The second-order valence-corrected chi connectivity index (χ2v) is 14.2. The molecular weight excluding hydrogens is 643 g/mol. The van der Waals surface area contributed by atoms with Crippen molar-refractivity contribution in [2.45, 2.75) is 62.4 Å². The van der Waals surface area contributed by atoms with E-state index in [9.17, 15) is 18.0 Å². The topological polar surface area (TPSA) is 96.0 Å². The molecular formula is C38H45N3O5S2. The maximum absolute atomic E-state index is 14.7. The van der Waals surface area contributed by atoms with Crippen molar-refractivity contribution >= 4 is 39.3 Å². The SMILES string of the molecule is CCCCNC(=O)[C@H](Cc1ccccc1)N(Cc1ccccc1C)C(=O)CN(c1ccc(OCC)cc1)S(=O)(=O)c1ccc(SC)cc1. The van der Waals surface area contributed by atoms with Gasteiger partial charge in [-0.2, -0.15) is 0 Å². The highest BCUT2D eigenvalue weighted by atomic mass is 32.2. The third-order valence-corrected chi connectivity index (χ3v) is 10.6. The molecule has 0 aromatic heterocycles. The molecule has 4 rings (SSSR count). The molecule has 0 saturated heterocycles. The van der Waals surface area contributed by atoms with E-state index in [1.165, 1.54) is 16.7 Å². The van der Waals surface area contributed by atoms with E-state index in [2.05, 4.69) is 5.32 Å². The molecule has 10 heteroatoms. The van der Waals surface area contributed by atoms with Crippen molar-refractivity contribution in [2.75, 3.05) is 30.3 Å². The Morgan fingerprint density at radius 1 is 0.875 bits per heavy atom. The van der Waals surface area contributed by atoms with Gasteiger partial charge < -0.3 is 15.0 Å². The lowest BCUT2D eigenvalue weighted by molar-refractivity contribution is -0.140. The molecule has 0 aliphatic carbocycles. The molecule has 254 valence electrons. The van der Waals surface area contributed by atoms with Crippen LogP contribution in [0.15, 0.2) is 113 Å². The van der Waals surface area contributed by atoms with Gasteiger partial charge in [-0.3, -0.25) is 13.9 Å². The average Bonchev–Trinajstić information content (AvgIpc) is 3.10. The Bertz CT molecular complexity index is 1730. The van der Waals surface area contributed by atoms with Crippen molar-refractivity contribution in [2.24, 2.45) is 0 Å². The van der Waals surface area contributed by atoms with Gasteiger partial charge in [-0.1, -0.05) is 67.9 Å². The van der Waals surface area contributed by atoms with Crippen molar-refractivity contribution in [1.82, 2.24) is 10.2 Å². The minimum absolute atomic E-state index is 0.0607. The van der Waals surface area contributed by atoms with E-state index < -0.39 is 28.5 Å². The number of carbonyl (C=O) groups excluding carboxylic acids is 2. The van der Waals surface area contributed by atoms with Crippen molar-refractivity contribution in [3.05, 3.63) is 120 Å². The largest absolute Gasteiger partial charge is 0.494 e. The maximum Gasteiger partial charge on any atom is 0.264 e. The van der Waals surface area contributed by atoms with Gasteiger partial charge in [0.25, 0.3) is 10.0 Å². The maximum atomic E-state index is 14.7. The van der Waals surface area contributed by atoms with Gasteiger partial charge in [-0.25, -0.2) is 8.42 Å². The summed E-state index contributed by atoms with van der Waals surface area (Å²) in [5.74, 6) is -0.192. The first-order valence-corrected chi connectivity index (χ1v) is 18.9. The van der Waals surface area contributed by atoms with Gasteiger partial charge in [0.05, 0.1) is 17.2 Å². The Labute approximate surface area is 289 Å². The molecule has 2 amide bonds. The number of unbranched alkanes of at least 4 members (excludes halogenated alkanes) is 1. The van der Waals surface area contributed by atoms with Crippen LogP contribution in [0, 0.1) is 6.92 Å². The zero-order valence-electron chi connectivity index (χ0n) is 28.1. The van der Waals surface area contributed by atoms with E-state index in [1.807, 2.05) is 81.6 Å². The van der Waals surface area contributed by atoms with E-state index in [1.54, 1.807) is 48.5 Å². The second-order valence-electron chi connectivity index (χ2n) is 11.4. The van der Waals surface area contributed by atoms with Crippen LogP contribution in [0.4, 0.5) is 5.69 Å². The molecule has 48 heavy (non-hydrogen) atoms. The molecule has 0 spiro atoms. The summed E-state index contributed by atoms with van der Waals surface area (Å²) in [6, 6.07) is 29.6. The molecule has 8 nitrogen and oxygen atoms in total. The Balaban J connectivity index is 1.80. The third kappa shape index (κ3) is 9.64. The van der Waals surface area contributed by atoms with Gasteiger partial charge in [-0.15, -0.1) is 11.8 Å². The quantitative estimate of drug-likeness (QED) is 0.0962. The monoisotopic (exact) mass is 687 g/mol. The number of ether oxygens (including phenoxy) is 1. The normalized spacial score (nSPS) is 11.8. The van der Waals surface area contributed by atoms with Crippen LogP contribution in [0.5, 0.6) is 5.75 Å². The smallest absolute Gasteiger partial charge is 0.264 e. The minimum Gasteiger partial charge on any atom is -0.494 e. The standard InChI is InChI=1S/C38H45N3O5S2/c1-5-7-25-39-38(43)36(26-30-14-9-8-10-15-30)40(27-31-16-12-11-13-29(31)3)37(42)28-41(32-17-19-33(20-18-32)46-6-2)48(44,45)35-23-21-34(47-4)22-24-35/h8-24,36H,5-7,25-28H2,1-4H3,(H,39,43)/t36-/m0/s1. The number of carbonyl (C=O) groups is 2. The lowest BCUT2D eigenvalue weighted by Crippen LogP contribution is -2.53. The molecule has 0 radical (unpaired) electrons. The molecule has 0 bridgehead atoms. The molecule has 1 atom stereocenters. The van der Waals surface area contributed by atoms with Crippen LogP contribution in [0.25, 0.3) is 0 Å². The number of nitrogens with zero attached hydrogens (tertiary/aromatic N) is 2. The predicted octanol–water partition coefficient (Wildman–Crippen LogP) is 6.87. The first-order valence-electron chi connectivity index (χ1n) is 16.2. The fraction of sp³-hybridized carbons (Fsp3) is 0.316. The van der Waals surface area contributed by atoms with Crippen LogP contribution >= 0.6 is 11.8 Å². The van der Waals surface area contributed by atoms with Crippen LogP contribution in [-0.4, -0.2) is 57.1 Å². The van der Waals surface area contributed by atoms with Crippen LogP contribution < -0.4 is 14.4 Å². The van der Waals surface area contributed by atoms with Gasteiger partial charge in [0, 0.05) is 24.4 Å². The van der Waals surface area contributed by atoms with Crippen LogP contribution in [-0.2, 0) is 32.6 Å². The second kappa shape index (κ2) is 17.8. The van der Waals surface area contributed by atoms with E-state index >= 15 is 0 Å². The number of benzene rings is 4. The zero-order chi connectivity index (χ0) is 34.5. The number of sulfonamides is 1. The van der Waals surface area contributed by atoms with Gasteiger partial charge >= 0.3 is 0 Å². The lowest BCUT2D eigenvalue weighted by Gasteiger charge is -2.34. The van der Waals surface area contributed by atoms with Crippen LogP contribution in [0.2, 0.25) is 0 Å². The van der Waals surface area contributed by atoms with Gasteiger partial charge in [0.15, 0.2) is 0 Å². The van der Waals surface area contributed by atoms with Crippen molar-refractivity contribution < 1.29 is 22.7 Å². The molecule has 4 aromatic carbocycles. The predicted molar refractivity (Wildman–Crippen MR) is 194 cm³/mol. The number of hydrogen-bond donors (Lipinski definition) is 1. The first kappa shape index (κ1) is 36.6. The Morgan fingerprint density at radius 2 is 1.54 bits per heavy atom. The summed E-state index contributed by atoms with van der Waals surface area (Å²) in [6.45, 7) is 6.43. The summed E-state index contributed by atoms with van der Waals surface area (Å²) in [7, 11) is -4.20. The number of thioether (sulfide) groups is 1. The van der Waals surface area contributed by atoms with Crippen LogP contribution in [0.3, 0.4) is 0 Å². The summed E-state index contributed by atoms with van der Waals surface area (Å²) in [5.41, 5.74) is 3.03. The lowest BCUT2D eigenvalue weighted by atomic mass is 10.0. The number of anilines is 1. The molecule has 4 aromatic rings.